The third-order valence-corrected chi connectivity index (χ3v) is 9.55. The lowest BCUT2D eigenvalue weighted by atomic mass is 9.98. The highest BCUT2D eigenvalue weighted by atomic mass is 16.5. The number of benzene rings is 3. The molecule has 59 heavy (non-hydrogen) atoms. The Morgan fingerprint density at radius 1 is 0.814 bits per heavy atom. The summed E-state index contributed by atoms with van der Waals surface area (Å²) in [6.45, 7) is 9.15. The van der Waals surface area contributed by atoms with Crippen molar-refractivity contribution in [3.05, 3.63) is 109 Å². The molecule has 3 heterocycles. The average Bonchev–Trinajstić information content (AvgIpc) is 3.94. The number of H-pyrrole nitrogens is 2. The van der Waals surface area contributed by atoms with E-state index in [-0.39, 0.29) is 38.0 Å². The predicted molar refractivity (Wildman–Crippen MR) is 225 cm³/mol. The number of carbonyl (C=O) groups is 4. The van der Waals surface area contributed by atoms with Crippen molar-refractivity contribution in [2.75, 3.05) is 40.4 Å². The number of nitrogens with zero attached hydrogens (tertiary/aromatic N) is 5. The molecular formula is C43H48N10O6. The molecule has 1 atom stereocenters. The van der Waals surface area contributed by atoms with Gasteiger partial charge in [-0.1, -0.05) is 67.6 Å². The molecule has 0 bridgehead atoms. The first-order chi connectivity index (χ1) is 28.5. The normalized spacial score (nSPS) is 12.5. The fourth-order valence-electron chi connectivity index (χ4n) is 6.63. The molecule has 0 fully saturated rings. The molecule has 6 rings (SSSR count). The Morgan fingerprint density at radius 2 is 1.41 bits per heavy atom. The molecule has 3 aromatic carbocycles. The Balaban J connectivity index is 1.12. The number of amides is 4. The van der Waals surface area contributed by atoms with E-state index in [0.717, 1.165) is 56.4 Å². The summed E-state index contributed by atoms with van der Waals surface area (Å²) in [5.41, 5.74) is 6.83. The molecule has 2 aromatic heterocycles. The molecule has 0 radical (unpaired) electrons. The maximum absolute atomic E-state index is 13.9. The molecule has 0 saturated heterocycles. The quantitative estimate of drug-likeness (QED) is 0.0797. The minimum Gasteiger partial charge on any atom is -0.453 e. The second kappa shape index (κ2) is 19.3. The van der Waals surface area contributed by atoms with Crippen LogP contribution in [0.25, 0.3) is 44.4 Å². The monoisotopic (exact) mass is 800 g/mol. The van der Waals surface area contributed by atoms with Crippen LogP contribution in [0.2, 0.25) is 0 Å². The molecule has 5 aromatic rings. The van der Waals surface area contributed by atoms with Crippen molar-refractivity contribution in [1.29, 1.82) is 0 Å². The van der Waals surface area contributed by atoms with E-state index >= 15 is 0 Å². The fourth-order valence-corrected chi connectivity index (χ4v) is 6.63. The lowest BCUT2D eigenvalue weighted by Crippen LogP contribution is -2.55. The largest absolute Gasteiger partial charge is 0.453 e. The third kappa shape index (κ3) is 10.6. The van der Waals surface area contributed by atoms with Gasteiger partial charge >= 0.3 is 12.2 Å². The topological polar surface area (TPSA) is 199 Å². The van der Waals surface area contributed by atoms with Crippen molar-refractivity contribution in [3.63, 3.8) is 0 Å². The van der Waals surface area contributed by atoms with Crippen molar-refractivity contribution < 1.29 is 28.7 Å². The first-order valence-electron chi connectivity index (χ1n) is 19.1. The van der Waals surface area contributed by atoms with Crippen molar-refractivity contribution >= 4 is 40.5 Å². The van der Waals surface area contributed by atoms with Crippen LogP contribution >= 0.6 is 0 Å². The summed E-state index contributed by atoms with van der Waals surface area (Å²) in [7, 11) is 2.50. The molecule has 0 spiro atoms. The number of aliphatic imine (C=N–C) groups is 1. The predicted octanol–water partition coefficient (Wildman–Crippen LogP) is 5.53. The Kier molecular flexibility index (Phi) is 13.5. The molecule has 0 saturated carbocycles. The Bertz CT molecular complexity index is 2380. The fraction of sp³-hybridized carbons (Fsp3) is 0.279. The van der Waals surface area contributed by atoms with E-state index in [9.17, 15) is 19.2 Å². The number of rotatable bonds is 16. The SMILES string of the molecule is C=C(C)CN(Cc1ncc(-c2ccc(-c3ccc4cc(-c5cnc(CN(CCC)C(=O)CNC(=O)OC)[nH]5)ccc4c3)cc2)[nH]1)C(=O)C(NC(=O)OC)C1=NC=CNC1. The molecule has 1 aliphatic rings. The standard InChI is InChI=1S/C43H48N10O6/c1-6-17-52(39(54)23-48-42(56)58-4)25-37-47-22-35(50-37)33-14-13-31-18-30(11-12-32(31)19-33)28-7-9-29(10-8-28)34-21-46-38(49-34)26-53(24-27(2)3)41(55)40(51-43(57)59-5)36-20-44-15-16-45-36/h7-16,18-19,21-22,40,44H,2,6,17,20,23-26H2,1,3-5H3,(H,46,49)(H,47,50)(H,48,56)(H,51,57). The Labute approximate surface area is 341 Å². The van der Waals surface area contributed by atoms with Gasteiger partial charge in [-0.15, -0.1) is 0 Å². The number of hydrogen-bond acceptors (Lipinski definition) is 10. The summed E-state index contributed by atoms with van der Waals surface area (Å²) >= 11 is 0. The minimum absolute atomic E-state index is 0.149. The van der Waals surface area contributed by atoms with Gasteiger partial charge < -0.3 is 45.2 Å². The summed E-state index contributed by atoms with van der Waals surface area (Å²) in [4.78, 5) is 73.6. The van der Waals surface area contributed by atoms with Gasteiger partial charge in [0.25, 0.3) is 5.91 Å². The smallest absolute Gasteiger partial charge is 0.407 e. The maximum Gasteiger partial charge on any atom is 0.407 e. The van der Waals surface area contributed by atoms with Crippen LogP contribution in [0.3, 0.4) is 0 Å². The highest BCUT2D eigenvalue weighted by Crippen LogP contribution is 2.30. The lowest BCUT2D eigenvalue weighted by molar-refractivity contribution is -0.132. The molecule has 16 heteroatoms. The van der Waals surface area contributed by atoms with Gasteiger partial charge in [-0.2, -0.15) is 0 Å². The number of aromatic amines is 2. The molecule has 0 aliphatic carbocycles. The van der Waals surface area contributed by atoms with Crippen molar-refractivity contribution in [2.45, 2.75) is 39.4 Å². The number of imidazole rings is 2. The van der Waals surface area contributed by atoms with Crippen LogP contribution in [0.4, 0.5) is 9.59 Å². The van der Waals surface area contributed by atoms with Gasteiger partial charge in [-0.05, 0) is 52.9 Å². The molecule has 4 amide bonds. The number of alkyl carbamates (subject to hydrolysis) is 2. The second-order valence-electron chi connectivity index (χ2n) is 14.0. The van der Waals surface area contributed by atoms with Crippen molar-refractivity contribution in [2.24, 2.45) is 4.99 Å². The van der Waals surface area contributed by atoms with Crippen LogP contribution in [0, 0.1) is 0 Å². The summed E-state index contributed by atoms with van der Waals surface area (Å²) < 4.78 is 9.36. The first-order valence-corrected chi connectivity index (χ1v) is 19.1. The van der Waals surface area contributed by atoms with Crippen LogP contribution in [0.1, 0.15) is 31.9 Å². The molecular weight excluding hydrogens is 753 g/mol. The Hall–Kier alpha value is -7.23. The van der Waals surface area contributed by atoms with Crippen molar-refractivity contribution in [1.82, 2.24) is 45.7 Å². The maximum atomic E-state index is 13.9. The zero-order chi connectivity index (χ0) is 41.9. The molecule has 5 N–H and O–H groups in total. The first kappa shape index (κ1) is 41.4. The summed E-state index contributed by atoms with van der Waals surface area (Å²) in [5, 5.41) is 10.2. The highest BCUT2D eigenvalue weighted by molar-refractivity contribution is 6.11. The number of ether oxygens (including phenoxy) is 2. The van der Waals surface area contributed by atoms with E-state index < -0.39 is 18.2 Å². The Morgan fingerprint density at radius 3 is 2.02 bits per heavy atom. The van der Waals surface area contributed by atoms with Crippen LogP contribution in [0.5, 0.6) is 0 Å². The lowest BCUT2D eigenvalue weighted by Gasteiger charge is -2.28. The van der Waals surface area contributed by atoms with Gasteiger partial charge in [-0.25, -0.2) is 19.6 Å². The van der Waals surface area contributed by atoms with Crippen molar-refractivity contribution in [3.8, 4) is 33.6 Å². The average molecular weight is 801 g/mol. The van der Waals surface area contributed by atoms with Crippen LogP contribution in [0.15, 0.2) is 103 Å². The van der Waals surface area contributed by atoms with Gasteiger partial charge in [0.2, 0.25) is 5.91 Å². The molecule has 306 valence electrons. The summed E-state index contributed by atoms with van der Waals surface area (Å²) in [6, 6.07) is 19.7. The zero-order valence-electron chi connectivity index (χ0n) is 33.5. The highest BCUT2D eigenvalue weighted by Gasteiger charge is 2.31. The van der Waals surface area contributed by atoms with E-state index in [0.29, 0.717) is 30.5 Å². The number of methoxy groups -OCH3 is 2. The van der Waals surface area contributed by atoms with Gasteiger partial charge in [0.1, 0.15) is 18.2 Å². The third-order valence-electron chi connectivity index (χ3n) is 9.55. The van der Waals surface area contributed by atoms with E-state index in [1.165, 1.54) is 20.4 Å². The van der Waals surface area contributed by atoms with Gasteiger partial charge in [-0.3, -0.25) is 14.6 Å². The molecule has 16 nitrogen and oxygen atoms in total. The number of fused-ring (bicyclic) bond motifs is 1. The van der Waals surface area contributed by atoms with Crippen LogP contribution < -0.4 is 16.0 Å². The van der Waals surface area contributed by atoms with E-state index in [1.807, 2.05) is 32.0 Å². The van der Waals surface area contributed by atoms with E-state index in [4.69, 9.17) is 4.74 Å². The number of nitrogens with one attached hydrogen (secondary N) is 5. The number of hydrogen-bond donors (Lipinski definition) is 5. The van der Waals surface area contributed by atoms with Gasteiger partial charge in [0.05, 0.1) is 63.3 Å². The number of aromatic nitrogens is 4. The molecule has 1 aliphatic heterocycles. The summed E-state index contributed by atoms with van der Waals surface area (Å²) in [6.07, 6.45) is 6.06. The zero-order valence-corrected chi connectivity index (χ0v) is 33.5. The molecule has 1 unspecified atom stereocenters. The van der Waals surface area contributed by atoms with Crippen LogP contribution in [-0.2, 0) is 32.2 Å². The van der Waals surface area contributed by atoms with E-state index in [1.54, 1.807) is 28.4 Å². The summed E-state index contributed by atoms with van der Waals surface area (Å²) in [5.74, 6) is 0.617. The second-order valence-corrected chi connectivity index (χ2v) is 14.0. The van der Waals surface area contributed by atoms with Gasteiger partial charge in [0.15, 0.2) is 6.04 Å². The minimum atomic E-state index is -1.04. The van der Waals surface area contributed by atoms with Gasteiger partial charge in [0, 0.05) is 31.1 Å². The van der Waals surface area contributed by atoms with E-state index in [2.05, 4.69) is 94.7 Å². The number of carbonyl (C=O) groups excluding carboxylic acids is 4. The van der Waals surface area contributed by atoms with Crippen LogP contribution in [-0.4, -0.2) is 106 Å².